The summed E-state index contributed by atoms with van der Waals surface area (Å²) in [7, 11) is 0. The van der Waals surface area contributed by atoms with Crippen molar-refractivity contribution in [2.45, 2.75) is 12.3 Å². The van der Waals surface area contributed by atoms with E-state index in [9.17, 15) is 18.0 Å². The second kappa shape index (κ2) is 6.64. The zero-order chi connectivity index (χ0) is 17.2. The Morgan fingerprint density at radius 2 is 2.12 bits per heavy atom. The van der Waals surface area contributed by atoms with Crippen LogP contribution < -0.4 is 4.74 Å². The lowest BCUT2D eigenvalue weighted by molar-refractivity contribution is -0.138. The minimum Gasteiger partial charge on any atom is -0.471 e. The summed E-state index contributed by atoms with van der Waals surface area (Å²) in [5.74, 6) is -0.00199. The maximum atomic E-state index is 12.4. The van der Waals surface area contributed by atoms with Crippen molar-refractivity contribution < 1.29 is 22.7 Å². The Labute approximate surface area is 140 Å². The summed E-state index contributed by atoms with van der Waals surface area (Å²) >= 11 is 1.54. The molecule has 1 aliphatic heterocycles. The zero-order valence-electron chi connectivity index (χ0n) is 12.4. The van der Waals surface area contributed by atoms with E-state index < -0.39 is 11.7 Å². The molecule has 0 spiro atoms. The number of carbonyl (C=O) groups is 1. The van der Waals surface area contributed by atoms with Crippen molar-refractivity contribution >= 4 is 23.3 Å². The Kier molecular flexibility index (Phi) is 4.57. The number of carbonyl (C=O) groups excluding carboxylic acids is 1. The van der Waals surface area contributed by atoms with E-state index >= 15 is 0 Å². The Hall–Kier alpha value is -2.35. The van der Waals surface area contributed by atoms with E-state index in [1.807, 2.05) is 17.5 Å². The second-order valence-electron chi connectivity index (χ2n) is 5.21. The molecule has 0 aliphatic carbocycles. The van der Waals surface area contributed by atoms with Gasteiger partial charge in [0.25, 0.3) is 0 Å². The summed E-state index contributed by atoms with van der Waals surface area (Å²) in [6.45, 7) is 0.770. The molecule has 0 atom stereocenters. The van der Waals surface area contributed by atoms with Gasteiger partial charge in [0.05, 0.1) is 18.7 Å². The first-order chi connectivity index (χ1) is 11.4. The van der Waals surface area contributed by atoms with Gasteiger partial charge in [0.2, 0.25) is 11.8 Å². The summed E-state index contributed by atoms with van der Waals surface area (Å²) in [5, 5.41) is 1.93. The average molecular weight is 354 g/mol. The number of halogens is 3. The molecule has 8 heteroatoms. The van der Waals surface area contributed by atoms with Gasteiger partial charge in [-0.25, -0.2) is 4.98 Å². The predicted octanol–water partition coefficient (Wildman–Crippen LogP) is 3.46. The smallest absolute Gasteiger partial charge is 0.417 e. The molecule has 1 fully saturated rings. The molecule has 0 unspecified atom stereocenters. The number of ether oxygens (including phenoxy) is 1. The topological polar surface area (TPSA) is 42.4 Å². The van der Waals surface area contributed by atoms with Gasteiger partial charge in [0.1, 0.15) is 6.10 Å². The van der Waals surface area contributed by atoms with Crippen molar-refractivity contribution in [1.29, 1.82) is 0 Å². The molecule has 0 aromatic carbocycles. The number of thiophene rings is 1. The molecule has 1 amide bonds. The first kappa shape index (κ1) is 16.5. The maximum Gasteiger partial charge on any atom is 0.417 e. The molecule has 2 aromatic rings. The van der Waals surface area contributed by atoms with Crippen LogP contribution in [0.1, 0.15) is 10.4 Å². The zero-order valence-corrected chi connectivity index (χ0v) is 13.2. The third-order valence-corrected chi connectivity index (χ3v) is 4.28. The molecular formula is C16H13F3N2O2S. The van der Waals surface area contributed by atoms with Gasteiger partial charge < -0.3 is 9.64 Å². The number of nitrogens with zero attached hydrogens (tertiary/aromatic N) is 2. The quantitative estimate of drug-likeness (QED) is 0.790. The van der Waals surface area contributed by atoms with Crippen LogP contribution in [-0.4, -0.2) is 35.0 Å². The lowest BCUT2D eigenvalue weighted by Crippen LogP contribution is -2.55. The highest BCUT2D eigenvalue weighted by Gasteiger charge is 2.33. The predicted molar refractivity (Wildman–Crippen MR) is 83.6 cm³/mol. The van der Waals surface area contributed by atoms with Crippen LogP contribution in [0.3, 0.4) is 0 Å². The van der Waals surface area contributed by atoms with Crippen LogP contribution in [0.5, 0.6) is 5.88 Å². The van der Waals surface area contributed by atoms with E-state index in [0.717, 1.165) is 17.1 Å². The number of hydrogen-bond acceptors (Lipinski definition) is 4. The standard InChI is InChI=1S/C16H13F3N2O2S/c17-16(18,19)11-3-5-14(20-8-11)23-12-9-21(10-12)15(22)6-4-13-2-1-7-24-13/h1-8,12H,9-10H2/b6-4+. The van der Waals surface area contributed by atoms with Crippen LogP contribution in [0, 0.1) is 0 Å². The van der Waals surface area contributed by atoms with Gasteiger partial charge >= 0.3 is 6.18 Å². The van der Waals surface area contributed by atoms with E-state index in [1.165, 1.54) is 23.5 Å². The fourth-order valence-corrected chi connectivity index (χ4v) is 2.74. The van der Waals surface area contributed by atoms with Crippen LogP contribution >= 0.6 is 11.3 Å². The Bertz CT molecular complexity index is 721. The molecule has 126 valence electrons. The highest BCUT2D eigenvalue weighted by molar-refractivity contribution is 7.10. The minimum absolute atomic E-state index is 0.120. The molecule has 1 saturated heterocycles. The van der Waals surface area contributed by atoms with Crippen LogP contribution in [0.25, 0.3) is 6.08 Å². The van der Waals surface area contributed by atoms with E-state index in [1.54, 1.807) is 11.0 Å². The first-order valence-electron chi connectivity index (χ1n) is 7.12. The second-order valence-corrected chi connectivity index (χ2v) is 6.19. The van der Waals surface area contributed by atoms with Gasteiger partial charge in [-0.1, -0.05) is 6.07 Å². The molecule has 1 aliphatic rings. The number of hydrogen-bond donors (Lipinski definition) is 0. The van der Waals surface area contributed by atoms with Gasteiger partial charge in [-0.3, -0.25) is 4.79 Å². The SMILES string of the molecule is O=C(/C=C/c1cccs1)N1CC(Oc2ccc(C(F)(F)F)cn2)C1. The van der Waals surface area contributed by atoms with Crippen LogP contribution in [0.2, 0.25) is 0 Å². The molecule has 3 rings (SSSR count). The van der Waals surface area contributed by atoms with Crippen molar-refractivity contribution in [2.75, 3.05) is 13.1 Å². The van der Waals surface area contributed by atoms with E-state index in [0.29, 0.717) is 13.1 Å². The molecule has 24 heavy (non-hydrogen) atoms. The van der Waals surface area contributed by atoms with Crippen LogP contribution in [-0.2, 0) is 11.0 Å². The summed E-state index contributed by atoms with van der Waals surface area (Å²) in [4.78, 5) is 18.2. The van der Waals surface area contributed by atoms with Crippen molar-refractivity contribution in [3.63, 3.8) is 0 Å². The average Bonchev–Trinajstić information content (AvgIpc) is 3.01. The van der Waals surface area contributed by atoms with Crippen molar-refractivity contribution in [1.82, 2.24) is 9.88 Å². The normalized spacial score (nSPS) is 15.5. The van der Waals surface area contributed by atoms with Gasteiger partial charge in [0, 0.05) is 23.2 Å². The number of pyridine rings is 1. The van der Waals surface area contributed by atoms with Gasteiger partial charge in [-0.15, -0.1) is 11.3 Å². The highest BCUT2D eigenvalue weighted by atomic mass is 32.1. The van der Waals surface area contributed by atoms with Gasteiger partial charge in [-0.2, -0.15) is 13.2 Å². The Morgan fingerprint density at radius 1 is 1.33 bits per heavy atom. The third-order valence-electron chi connectivity index (χ3n) is 3.44. The van der Waals surface area contributed by atoms with Gasteiger partial charge in [0.15, 0.2) is 0 Å². The maximum absolute atomic E-state index is 12.4. The fourth-order valence-electron chi connectivity index (χ4n) is 2.13. The third kappa shape index (κ3) is 3.94. The molecule has 0 N–H and O–H groups in total. The molecule has 3 heterocycles. The Balaban J connectivity index is 1.47. The van der Waals surface area contributed by atoms with Crippen molar-refractivity contribution in [3.8, 4) is 5.88 Å². The number of amides is 1. The number of aromatic nitrogens is 1. The van der Waals surface area contributed by atoms with Crippen LogP contribution in [0.15, 0.2) is 41.9 Å². The molecule has 0 saturated carbocycles. The first-order valence-corrected chi connectivity index (χ1v) is 8.00. The fraction of sp³-hybridized carbons (Fsp3) is 0.250. The van der Waals surface area contributed by atoms with Crippen LogP contribution in [0.4, 0.5) is 13.2 Å². The van der Waals surface area contributed by atoms with E-state index in [-0.39, 0.29) is 17.9 Å². The molecule has 2 aromatic heterocycles. The summed E-state index contributed by atoms with van der Waals surface area (Å²) in [6, 6.07) is 5.92. The van der Waals surface area contributed by atoms with Crippen molar-refractivity contribution in [2.24, 2.45) is 0 Å². The Morgan fingerprint density at radius 3 is 2.71 bits per heavy atom. The van der Waals surface area contributed by atoms with E-state index in [2.05, 4.69) is 4.98 Å². The largest absolute Gasteiger partial charge is 0.471 e. The summed E-state index contributed by atoms with van der Waals surface area (Å²) in [6.07, 6.45) is -0.689. The number of likely N-dealkylation sites (tertiary alicyclic amines) is 1. The minimum atomic E-state index is -4.42. The van der Waals surface area contributed by atoms with Crippen molar-refractivity contribution in [3.05, 3.63) is 52.4 Å². The lowest BCUT2D eigenvalue weighted by Gasteiger charge is -2.38. The number of alkyl halides is 3. The summed E-state index contributed by atoms with van der Waals surface area (Å²) in [5.41, 5.74) is -0.820. The highest BCUT2D eigenvalue weighted by Crippen LogP contribution is 2.29. The molecule has 0 radical (unpaired) electrons. The lowest BCUT2D eigenvalue weighted by atomic mass is 10.1. The molecule has 4 nitrogen and oxygen atoms in total. The van der Waals surface area contributed by atoms with Gasteiger partial charge in [-0.05, 0) is 23.6 Å². The monoisotopic (exact) mass is 354 g/mol. The molecular weight excluding hydrogens is 341 g/mol. The van der Waals surface area contributed by atoms with E-state index in [4.69, 9.17) is 4.74 Å². The molecule has 0 bridgehead atoms. The summed E-state index contributed by atoms with van der Waals surface area (Å²) < 4.78 is 42.8. The number of rotatable bonds is 4.